The highest BCUT2D eigenvalue weighted by Gasteiger charge is 2.06. The van der Waals surface area contributed by atoms with Crippen molar-refractivity contribution in [2.75, 3.05) is 5.73 Å². The van der Waals surface area contributed by atoms with Crippen molar-refractivity contribution in [2.24, 2.45) is 0 Å². The Morgan fingerprint density at radius 1 is 1.64 bits per heavy atom. The van der Waals surface area contributed by atoms with Gasteiger partial charge >= 0.3 is 0 Å². The first kappa shape index (κ1) is 11.0. The summed E-state index contributed by atoms with van der Waals surface area (Å²) in [7, 11) is 0. The number of anilines is 1. The normalized spacial score (nSPS) is 10.3. The van der Waals surface area contributed by atoms with Gasteiger partial charge in [0.15, 0.2) is 0 Å². The van der Waals surface area contributed by atoms with Crippen LogP contribution >= 0.6 is 15.9 Å². The molecule has 76 valence electrons. The lowest BCUT2D eigenvalue weighted by molar-refractivity contribution is 0.718. The monoisotopic (exact) mass is 255 g/mol. The van der Waals surface area contributed by atoms with Crippen molar-refractivity contribution in [1.29, 1.82) is 0 Å². The summed E-state index contributed by atoms with van der Waals surface area (Å²) >= 11 is 3.34. The van der Waals surface area contributed by atoms with Crippen LogP contribution in [0.5, 0.6) is 0 Å². The van der Waals surface area contributed by atoms with Crippen LogP contribution < -0.4 is 11.1 Å². The SMILES string of the molecule is C=C(NC(C)C)c1cc(Br)cnc1N. The number of aromatic nitrogens is 1. The largest absolute Gasteiger partial charge is 0.383 e. The van der Waals surface area contributed by atoms with Gasteiger partial charge in [0.2, 0.25) is 0 Å². The summed E-state index contributed by atoms with van der Waals surface area (Å²) in [6.07, 6.45) is 1.67. The molecule has 1 heterocycles. The predicted octanol–water partition coefficient (Wildman–Crippen LogP) is 2.40. The van der Waals surface area contributed by atoms with E-state index < -0.39 is 0 Å². The quantitative estimate of drug-likeness (QED) is 0.873. The maximum atomic E-state index is 5.73. The molecule has 0 aliphatic rings. The molecular weight excluding hydrogens is 242 g/mol. The minimum Gasteiger partial charge on any atom is -0.383 e. The van der Waals surface area contributed by atoms with E-state index in [-0.39, 0.29) is 0 Å². The Balaban J connectivity index is 2.94. The second-order valence-electron chi connectivity index (χ2n) is 3.36. The van der Waals surface area contributed by atoms with Crippen molar-refractivity contribution in [3.8, 4) is 0 Å². The summed E-state index contributed by atoms with van der Waals surface area (Å²) < 4.78 is 0.897. The Bertz CT molecular complexity index is 347. The molecule has 0 amide bonds. The van der Waals surface area contributed by atoms with E-state index in [2.05, 4.69) is 32.8 Å². The molecule has 4 heteroatoms. The third-order valence-corrected chi connectivity index (χ3v) is 2.11. The molecule has 1 aromatic rings. The molecule has 3 N–H and O–H groups in total. The fourth-order valence-corrected chi connectivity index (χ4v) is 1.45. The van der Waals surface area contributed by atoms with Gasteiger partial charge in [-0.2, -0.15) is 0 Å². The molecule has 0 unspecified atom stereocenters. The van der Waals surface area contributed by atoms with Crippen LogP contribution in [-0.4, -0.2) is 11.0 Å². The van der Waals surface area contributed by atoms with Crippen molar-refractivity contribution in [3.63, 3.8) is 0 Å². The van der Waals surface area contributed by atoms with Crippen molar-refractivity contribution >= 4 is 27.4 Å². The summed E-state index contributed by atoms with van der Waals surface area (Å²) in [4.78, 5) is 4.04. The number of hydrogen-bond acceptors (Lipinski definition) is 3. The van der Waals surface area contributed by atoms with Gasteiger partial charge in [-0.15, -0.1) is 0 Å². The Morgan fingerprint density at radius 2 is 2.29 bits per heavy atom. The van der Waals surface area contributed by atoms with Crippen LogP contribution in [0.4, 0.5) is 5.82 Å². The Morgan fingerprint density at radius 3 is 2.86 bits per heavy atom. The summed E-state index contributed by atoms with van der Waals surface area (Å²) in [5.74, 6) is 0.492. The van der Waals surface area contributed by atoms with E-state index in [1.807, 2.05) is 19.9 Å². The molecule has 0 saturated carbocycles. The van der Waals surface area contributed by atoms with Gasteiger partial charge in [-0.1, -0.05) is 6.58 Å². The molecule has 0 fully saturated rings. The molecule has 0 saturated heterocycles. The van der Waals surface area contributed by atoms with Crippen LogP contribution in [0.2, 0.25) is 0 Å². The minimum atomic E-state index is 0.334. The molecule has 0 aliphatic carbocycles. The molecule has 1 rings (SSSR count). The summed E-state index contributed by atoms with van der Waals surface area (Å²) in [6.45, 7) is 8.01. The Labute approximate surface area is 92.5 Å². The van der Waals surface area contributed by atoms with Gasteiger partial charge in [0.05, 0.1) is 0 Å². The van der Waals surface area contributed by atoms with Gasteiger partial charge < -0.3 is 11.1 Å². The van der Waals surface area contributed by atoms with Crippen LogP contribution in [0.3, 0.4) is 0 Å². The average Bonchev–Trinajstić information content (AvgIpc) is 2.08. The van der Waals surface area contributed by atoms with E-state index >= 15 is 0 Å². The van der Waals surface area contributed by atoms with Gasteiger partial charge in [-0.3, -0.25) is 0 Å². The number of nitrogens with one attached hydrogen (secondary N) is 1. The van der Waals surface area contributed by atoms with E-state index in [0.717, 1.165) is 15.7 Å². The molecule has 14 heavy (non-hydrogen) atoms. The zero-order chi connectivity index (χ0) is 10.7. The fraction of sp³-hybridized carbons (Fsp3) is 0.300. The van der Waals surface area contributed by atoms with E-state index in [9.17, 15) is 0 Å². The Kier molecular flexibility index (Phi) is 3.52. The smallest absolute Gasteiger partial charge is 0.132 e. The standard InChI is InChI=1S/C10H14BrN3/c1-6(2)14-7(3)9-4-8(11)5-13-10(9)12/h4-6,14H,3H2,1-2H3,(H2,12,13). The zero-order valence-corrected chi connectivity index (χ0v) is 9.93. The minimum absolute atomic E-state index is 0.334. The summed E-state index contributed by atoms with van der Waals surface area (Å²) in [5, 5.41) is 3.19. The number of nitrogens with two attached hydrogens (primary N) is 1. The lowest BCUT2D eigenvalue weighted by Gasteiger charge is -2.14. The average molecular weight is 256 g/mol. The van der Waals surface area contributed by atoms with Gasteiger partial charge in [-0.05, 0) is 35.8 Å². The summed E-state index contributed by atoms with van der Waals surface area (Å²) in [5.41, 5.74) is 7.37. The number of pyridine rings is 1. The van der Waals surface area contributed by atoms with Crippen LogP contribution in [0.25, 0.3) is 5.70 Å². The highest BCUT2D eigenvalue weighted by Crippen LogP contribution is 2.20. The predicted molar refractivity (Wildman–Crippen MR) is 63.7 cm³/mol. The number of nitrogens with zero attached hydrogens (tertiary/aromatic N) is 1. The van der Waals surface area contributed by atoms with Crippen LogP contribution in [0.15, 0.2) is 23.3 Å². The molecule has 0 spiro atoms. The highest BCUT2D eigenvalue weighted by atomic mass is 79.9. The molecule has 0 radical (unpaired) electrons. The lowest BCUT2D eigenvalue weighted by Crippen LogP contribution is -2.21. The molecule has 0 aromatic carbocycles. The molecule has 3 nitrogen and oxygen atoms in total. The van der Waals surface area contributed by atoms with Gasteiger partial charge in [-0.25, -0.2) is 4.98 Å². The van der Waals surface area contributed by atoms with Crippen molar-refractivity contribution in [1.82, 2.24) is 10.3 Å². The third-order valence-electron chi connectivity index (χ3n) is 1.67. The first-order valence-corrected chi connectivity index (χ1v) is 5.17. The van der Waals surface area contributed by atoms with E-state index in [1.165, 1.54) is 0 Å². The van der Waals surface area contributed by atoms with Crippen LogP contribution in [-0.2, 0) is 0 Å². The number of hydrogen-bond donors (Lipinski definition) is 2. The summed E-state index contributed by atoms with van der Waals surface area (Å²) in [6, 6.07) is 2.24. The van der Waals surface area contributed by atoms with Gasteiger partial charge in [0.1, 0.15) is 5.82 Å². The van der Waals surface area contributed by atoms with Crippen molar-refractivity contribution in [3.05, 3.63) is 28.9 Å². The van der Waals surface area contributed by atoms with E-state index in [0.29, 0.717) is 11.9 Å². The van der Waals surface area contributed by atoms with Crippen molar-refractivity contribution < 1.29 is 0 Å². The molecular formula is C10H14BrN3. The topological polar surface area (TPSA) is 50.9 Å². The van der Waals surface area contributed by atoms with Gasteiger partial charge in [0.25, 0.3) is 0 Å². The maximum Gasteiger partial charge on any atom is 0.132 e. The first-order chi connectivity index (χ1) is 6.50. The fourth-order valence-electron chi connectivity index (χ4n) is 1.12. The molecule has 0 aliphatic heterocycles. The number of rotatable bonds is 3. The second kappa shape index (κ2) is 4.46. The van der Waals surface area contributed by atoms with E-state index in [1.54, 1.807) is 6.20 Å². The number of nitrogen functional groups attached to an aromatic ring is 1. The highest BCUT2D eigenvalue weighted by molar-refractivity contribution is 9.10. The molecule has 0 bridgehead atoms. The third kappa shape index (κ3) is 2.73. The Hall–Kier alpha value is -1.03. The number of halogens is 1. The lowest BCUT2D eigenvalue weighted by atomic mass is 10.2. The first-order valence-electron chi connectivity index (χ1n) is 4.37. The molecule has 1 aromatic heterocycles. The maximum absolute atomic E-state index is 5.73. The molecule has 0 atom stereocenters. The second-order valence-corrected chi connectivity index (χ2v) is 4.28. The van der Waals surface area contributed by atoms with Gasteiger partial charge in [0, 0.05) is 28.0 Å². The van der Waals surface area contributed by atoms with Crippen LogP contribution in [0.1, 0.15) is 19.4 Å². The van der Waals surface area contributed by atoms with Crippen molar-refractivity contribution in [2.45, 2.75) is 19.9 Å². The van der Waals surface area contributed by atoms with Crippen LogP contribution in [0, 0.1) is 0 Å². The van der Waals surface area contributed by atoms with E-state index in [4.69, 9.17) is 5.73 Å². The zero-order valence-electron chi connectivity index (χ0n) is 8.34.